The van der Waals surface area contributed by atoms with Crippen molar-refractivity contribution in [3.63, 3.8) is 0 Å². The molecular weight excluding hydrogens is 232 g/mol. The summed E-state index contributed by atoms with van der Waals surface area (Å²) in [6, 6.07) is 13.1. The molecule has 0 heterocycles. The molecule has 0 amide bonds. The fraction of sp³-hybridized carbons (Fsp3) is 0.200. The minimum atomic E-state index is -0.223. The first-order chi connectivity index (χ1) is 8.74. The van der Waals surface area contributed by atoms with Gasteiger partial charge in [-0.15, -0.1) is 0 Å². The van der Waals surface area contributed by atoms with Crippen molar-refractivity contribution >= 4 is 0 Å². The van der Waals surface area contributed by atoms with Gasteiger partial charge in [0.1, 0.15) is 11.6 Å². The van der Waals surface area contributed by atoms with Crippen molar-refractivity contribution in [3.8, 4) is 0 Å². The first-order valence-electron chi connectivity index (χ1n) is 5.93. The summed E-state index contributed by atoms with van der Waals surface area (Å²) < 4.78 is 25.8. The molecule has 0 bridgehead atoms. The molecule has 0 atom stereocenters. The number of hydrogen-bond donors (Lipinski definition) is 1. The van der Waals surface area contributed by atoms with E-state index in [-0.39, 0.29) is 11.6 Å². The monoisotopic (exact) mass is 247 g/mol. The first-order valence-corrected chi connectivity index (χ1v) is 5.93. The molecule has 0 aromatic heterocycles. The first kappa shape index (κ1) is 12.7. The van der Waals surface area contributed by atoms with E-state index in [4.69, 9.17) is 0 Å². The highest BCUT2D eigenvalue weighted by molar-refractivity contribution is 5.17. The molecule has 0 aliphatic carbocycles. The number of rotatable bonds is 5. The van der Waals surface area contributed by atoms with Crippen LogP contribution >= 0.6 is 0 Å². The zero-order valence-electron chi connectivity index (χ0n) is 10.00. The van der Waals surface area contributed by atoms with Gasteiger partial charge >= 0.3 is 0 Å². The summed E-state index contributed by atoms with van der Waals surface area (Å²) in [5.41, 5.74) is 1.87. The van der Waals surface area contributed by atoms with E-state index in [0.717, 1.165) is 24.1 Å². The molecule has 2 rings (SSSR count). The minimum Gasteiger partial charge on any atom is -0.312 e. The van der Waals surface area contributed by atoms with Crippen LogP contribution in [0, 0.1) is 11.6 Å². The third-order valence-corrected chi connectivity index (χ3v) is 2.70. The van der Waals surface area contributed by atoms with Gasteiger partial charge in [0.15, 0.2) is 0 Å². The Morgan fingerprint density at radius 1 is 0.833 bits per heavy atom. The molecule has 0 aliphatic heterocycles. The van der Waals surface area contributed by atoms with E-state index >= 15 is 0 Å². The lowest BCUT2D eigenvalue weighted by Crippen LogP contribution is -2.16. The quantitative estimate of drug-likeness (QED) is 0.799. The van der Waals surface area contributed by atoms with Gasteiger partial charge in [0.05, 0.1) is 0 Å². The average Bonchev–Trinajstić information content (AvgIpc) is 2.35. The Hall–Kier alpha value is -1.74. The third-order valence-electron chi connectivity index (χ3n) is 2.70. The van der Waals surface area contributed by atoms with Crippen LogP contribution in [0.2, 0.25) is 0 Å². The Morgan fingerprint density at radius 2 is 1.44 bits per heavy atom. The lowest BCUT2D eigenvalue weighted by molar-refractivity contribution is 0.617. The standard InChI is InChI=1S/C15H15F2N/c16-14-5-1-3-12(9-14)7-8-18-11-13-4-2-6-15(17)10-13/h1-6,9-10,18H,7-8,11H2. The molecule has 2 aromatic rings. The maximum absolute atomic E-state index is 12.9. The van der Waals surface area contributed by atoms with Crippen molar-refractivity contribution in [2.24, 2.45) is 0 Å². The van der Waals surface area contributed by atoms with E-state index in [1.807, 2.05) is 12.1 Å². The maximum Gasteiger partial charge on any atom is 0.123 e. The van der Waals surface area contributed by atoms with Crippen molar-refractivity contribution in [1.29, 1.82) is 0 Å². The maximum atomic E-state index is 12.9. The minimum absolute atomic E-state index is 0.211. The molecule has 0 spiro atoms. The van der Waals surface area contributed by atoms with Crippen LogP contribution in [0.3, 0.4) is 0 Å². The summed E-state index contributed by atoms with van der Waals surface area (Å²) in [4.78, 5) is 0. The van der Waals surface area contributed by atoms with Crippen LogP contribution in [0.1, 0.15) is 11.1 Å². The lowest BCUT2D eigenvalue weighted by Gasteiger charge is -2.05. The van der Waals surface area contributed by atoms with Gasteiger partial charge in [0.2, 0.25) is 0 Å². The highest BCUT2D eigenvalue weighted by Gasteiger charge is 1.97. The van der Waals surface area contributed by atoms with E-state index < -0.39 is 0 Å². The smallest absolute Gasteiger partial charge is 0.123 e. The molecule has 0 radical (unpaired) electrons. The molecule has 1 N–H and O–H groups in total. The highest BCUT2D eigenvalue weighted by Crippen LogP contribution is 2.05. The molecule has 3 heteroatoms. The predicted molar refractivity (Wildman–Crippen MR) is 68.2 cm³/mol. The van der Waals surface area contributed by atoms with E-state index in [2.05, 4.69) is 5.32 Å². The molecule has 94 valence electrons. The summed E-state index contributed by atoms with van der Waals surface area (Å²) in [6.45, 7) is 1.35. The van der Waals surface area contributed by atoms with Gasteiger partial charge in [-0.25, -0.2) is 8.78 Å². The van der Waals surface area contributed by atoms with Crippen molar-refractivity contribution < 1.29 is 8.78 Å². The van der Waals surface area contributed by atoms with Gasteiger partial charge in [-0.3, -0.25) is 0 Å². The van der Waals surface area contributed by atoms with Crippen LogP contribution in [0.5, 0.6) is 0 Å². The zero-order valence-corrected chi connectivity index (χ0v) is 10.00. The van der Waals surface area contributed by atoms with Gasteiger partial charge in [0, 0.05) is 6.54 Å². The van der Waals surface area contributed by atoms with E-state index in [0.29, 0.717) is 6.54 Å². The summed E-state index contributed by atoms with van der Waals surface area (Å²) in [5, 5.41) is 3.21. The third kappa shape index (κ3) is 3.93. The molecule has 0 saturated heterocycles. The fourth-order valence-corrected chi connectivity index (χ4v) is 1.80. The summed E-state index contributed by atoms with van der Waals surface area (Å²) in [6.07, 6.45) is 0.757. The molecule has 1 nitrogen and oxygen atoms in total. The Bertz CT molecular complexity index is 464. The van der Waals surface area contributed by atoms with Gasteiger partial charge in [-0.05, 0) is 48.4 Å². The lowest BCUT2D eigenvalue weighted by atomic mass is 10.1. The van der Waals surface area contributed by atoms with Crippen molar-refractivity contribution in [3.05, 3.63) is 71.3 Å². The van der Waals surface area contributed by atoms with Crippen LogP contribution in [-0.2, 0) is 13.0 Å². The molecule has 0 fully saturated rings. The summed E-state index contributed by atoms with van der Waals surface area (Å²) in [5.74, 6) is -0.433. The van der Waals surface area contributed by atoms with E-state index in [9.17, 15) is 8.78 Å². The van der Waals surface area contributed by atoms with E-state index in [1.165, 1.54) is 24.3 Å². The molecule has 0 unspecified atom stereocenters. The second-order valence-corrected chi connectivity index (χ2v) is 4.19. The van der Waals surface area contributed by atoms with Crippen molar-refractivity contribution in [1.82, 2.24) is 5.32 Å². The SMILES string of the molecule is Fc1cccc(CCNCc2cccc(F)c2)c1. The van der Waals surface area contributed by atoms with Gasteiger partial charge in [0.25, 0.3) is 0 Å². The largest absolute Gasteiger partial charge is 0.312 e. The molecule has 0 aliphatic rings. The predicted octanol–water partition coefficient (Wildman–Crippen LogP) is 3.30. The molecule has 2 aromatic carbocycles. The molecule has 0 saturated carbocycles. The Balaban J connectivity index is 1.76. The van der Waals surface area contributed by atoms with Crippen LogP contribution in [0.4, 0.5) is 8.78 Å². The van der Waals surface area contributed by atoms with E-state index in [1.54, 1.807) is 12.1 Å². The van der Waals surface area contributed by atoms with Gasteiger partial charge < -0.3 is 5.32 Å². The number of hydrogen-bond acceptors (Lipinski definition) is 1. The van der Waals surface area contributed by atoms with Gasteiger partial charge in [-0.2, -0.15) is 0 Å². The average molecular weight is 247 g/mol. The second kappa shape index (κ2) is 6.26. The van der Waals surface area contributed by atoms with Gasteiger partial charge in [-0.1, -0.05) is 24.3 Å². The summed E-state index contributed by atoms with van der Waals surface area (Å²) >= 11 is 0. The number of benzene rings is 2. The Labute approximate surface area is 105 Å². The van der Waals surface area contributed by atoms with Crippen LogP contribution in [0.15, 0.2) is 48.5 Å². The van der Waals surface area contributed by atoms with Crippen molar-refractivity contribution in [2.45, 2.75) is 13.0 Å². The Morgan fingerprint density at radius 3 is 2.11 bits per heavy atom. The number of halogens is 2. The van der Waals surface area contributed by atoms with Crippen molar-refractivity contribution in [2.75, 3.05) is 6.54 Å². The summed E-state index contributed by atoms with van der Waals surface area (Å²) in [7, 11) is 0. The molecular formula is C15H15F2N. The molecule has 18 heavy (non-hydrogen) atoms. The highest BCUT2D eigenvalue weighted by atomic mass is 19.1. The second-order valence-electron chi connectivity index (χ2n) is 4.19. The number of nitrogens with one attached hydrogen (secondary N) is 1. The topological polar surface area (TPSA) is 12.0 Å². The fourth-order valence-electron chi connectivity index (χ4n) is 1.80. The Kier molecular flexibility index (Phi) is 4.42. The van der Waals surface area contributed by atoms with Crippen LogP contribution in [-0.4, -0.2) is 6.54 Å². The normalized spacial score (nSPS) is 10.6. The van der Waals surface area contributed by atoms with Crippen LogP contribution in [0.25, 0.3) is 0 Å². The zero-order chi connectivity index (χ0) is 12.8. The van der Waals surface area contributed by atoms with Crippen LogP contribution < -0.4 is 5.32 Å².